The van der Waals surface area contributed by atoms with Crippen LogP contribution in [0.2, 0.25) is 0 Å². The summed E-state index contributed by atoms with van der Waals surface area (Å²) in [5, 5.41) is 0. The molecule has 1 nitrogen and oxygen atoms in total. The van der Waals surface area contributed by atoms with Gasteiger partial charge in [-0.25, -0.2) is 0 Å². The van der Waals surface area contributed by atoms with E-state index < -0.39 is 0 Å². The van der Waals surface area contributed by atoms with Crippen molar-refractivity contribution < 1.29 is 0 Å². The summed E-state index contributed by atoms with van der Waals surface area (Å²) in [6.45, 7) is 4.34. The monoisotopic (exact) mass is 209 g/mol. The van der Waals surface area contributed by atoms with Gasteiger partial charge in [-0.15, -0.1) is 11.3 Å². The van der Waals surface area contributed by atoms with Crippen LogP contribution < -0.4 is 5.73 Å². The van der Waals surface area contributed by atoms with E-state index in [0.717, 1.165) is 5.92 Å². The minimum Gasteiger partial charge on any atom is -0.323 e. The first-order valence-corrected chi connectivity index (χ1v) is 6.31. The van der Waals surface area contributed by atoms with Gasteiger partial charge in [-0.1, -0.05) is 19.3 Å². The maximum absolute atomic E-state index is 6.23. The number of nitrogens with two attached hydrogens (primary N) is 1. The fraction of sp³-hybridized carbons (Fsp3) is 0.667. The summed E-state index contributed by atoms with van der Waals surface area (Å²) in [5.41, 5.74) is 7.62. The summed E-state index contributed by atoms with van der Waals surface area (Å²) in [5.74, 6) is 0.909. The lowest BCUT2D eigenvalue weighted by atomic mass is 9.80. The van der Waals surface area contributed by atoms with Gasteiger partial charge in [0.2, 0.25) is 0 Å². The molecule has 0 amide bonds. The Bertz CT molecular complexity index is 312. The van der Waals surface area contributed by atoms with Crippen LogP contribution in [0.15, 0.2) is 6.07 Å². The molecule has 0 bridgehead atoms. The summed E-state index contributed by atoms with van der Waals surface area (Å²) in [6.07, 6.45) is 5.41. The van der Waals surface area contributed by atoms with Crippen LogP contribution in [0.25, 0.3) is 0 Å². The molecule has 0 spiro atoms. The van der Waals surface area contributed by atoms with E-state index in [-0.39, 0.29) is 0 Å². The number of thiophene rings is 1. The lowest BCUT2D eigenvalue weighted by Crippen LogP contribution is -2.19. The van der Waals surface area contributed by atoms with Gasteiger partial charge in [0.05, 0.1) is 0 Å². The molecular formula is C12H19NS. The van der Waals surface area contributed by atoms with Gasteiger partial charge in [0.1, 0.15) is 0 Å². The van der Waals surface area contributed by atoms with E-state index in [2.05, 4.69) is 19.9 Å². The Balaban J connectivity index is 2.02. The SMILES string of the molecule is Cc1cc(C)c(C(N)CC2CCC2)s1. The Morgan fingerprint density at radius 2 is 2.21 bits per heavy atom. The fourth-order valence-corrected chi connectivity index (χ4v) is 3.27. The highest BCUT2D eigenvalue weighted by Crippen LogP contribution is 2.36. The molecule has 14 heavy (non-hydrogen) atoms. The van der Waals surface area contributed by atoms with Crippen LogP contribution in [0.1, 0.15) is 47.0 Å². The first-order valence-electron chi connectivity index (χ1n) is 5.49. The number of rotatable bonds is 3. The molecule has 0 radical (unpaired) electrons. The van der Waals surface area contributed by atoms with E-state index in [1.807, 2.05) is 11.3 Å². The molecule has 2 N–H and O–H groups in total. The highest BCUT2D eigenvalue weighted by molar-refractivity contribution is 7.12. The zero-order valence-electron chi connectivity index (χ0n) is 9.05. The Morgan fingerprint density at radius 1 is 1.50 bits per heavy atom. The Kier molecular flexibility index (Phi) is 2.93. The molecule has 1 aromatic heterocycles. The third kappa shape index (κ3) is 2.01. The van der Waals surface area contributed by atoms with Crippen molar-refractivity contribution in [3.8, 4) is 0 Å². The molecule has 0 aliphatic heterocycles. The van der Waals surface area contributed by atoms with Crippen LogP contribution in [0.3, 0.4) is 0 Å². The third-order valence-electron chi connectivity index (χ3n) is 3.23. The molecule has 1 atom stereocenters. The number of hydrogen-bond donors (Lipinski definition) is 1. The second-order valence-electron chi connectivity index (χ2n) is 4.54. The molecule has 1 aliphatic rings. The van der Waals surface area contributed by atoms with Crippen molar-refractivity contribution >= 4 is 11.3 Å². The van der Waals surface area contributed by atoms with Gasteiger partial charge in [0.25, 0.3) is 0 Å². The maximum Gasteiger partial charge on any atom is 0.0395 e. The summed E-state index contributed by atoms with van der Waals surface area (Å²) in [7, 11) is 0. The summed E-state index contributed by atoms with van der Waals surface area (Å²) < 4.78 is 0. The predicted molar refractivity (Wildman–Crippen MR) is 62.7 cm³/mol. The van der Waals surface area contributed by atoms with Gasteiger partial charge in [0, 0.05) is 15.8 Å². The minimum atomic E-state index is 0.291. The second kappa shape index (κ2) is 4.03. The highest BCUT2D eigenvalue weighted by Gasteiger charge is 2.22. The maximum atomic E-state index is 6.23. The van der Waals surface area contributed by atoms with Gasteiger partial charge in [-0.2, -0.15) is 0 Å². The van der Waals surface area contributed by atoms with E-state index in [9.17, 15) is 0 Å². The molecule has 1 unspecified atom stereocenters. The lowest BCUT2D eigenvalue weighted by molar-refractivity contribution is 0.278. The Labute approximate surface area is 90.3 Å². The molecule has 78 valence electrons. The molecular weight excluding hydrogens is 190 g/mol. The topological polar surface area (TPSA) is 26.0 Å². The second-order valence-corrected chi connectivity index (χ2v) is 5.83. The van der Waals surface area contributed by atoms with E-state index in [1.165, 1.54) is 41.0 Å². The zero-order chi connectivity index (χ0) is 10.1. The first kappa shape index (κ1) is 10.2. The van der Waals surface area contributed by atoms with Crippen LogP contribution >= 0.6 is 11.3 Å². The Hall–Kier alpha value is -0.340. The standard InChI is InChI=1S/C12H19NS/c1-8-6-9(2)14-12(8)11(13)7-10-4-3-5-10/h6,10-11H,3-5,7,13H2,1-2H3. The minimum absolute atomic E-state index is 0.291. The summed E-state index contributed by atoms with van der Waals surface area (Å²) in [6, 6.07) is 2.54. The molecule has 1 saturated carbocycles. The predicted octanol–water partition coefficient (Wildman–Crippen LogP) is 3.55. The van der Waals surface area contributed by atoms with Crippen molar-refractivity contribution in [2.75, 3.05) is 0 Å². The number of hydrogen-bond acceptors (Lipinski definition) is 2. The molecule has 1 fully saturated rings. The molecule has 2 rings (SSSR count). The van der Waals surface area contributed by atoms with Gasteiger partial charge in [-0.05, 0) is 37.8 Å². The quantitative estimate of drug-likeness (QED) is 0.809. The van der Waals surface area contributed by atoms with Gasteiger partial charge < -0.3 is 5.73 Å². The highest BCUT2D eigenvalue weighted by atomic mass is 32.1. The van der Waals surface area contributed by atoms with E-state index in [1.54, 1.807) is 0 Å². The zero-order valence-corrected chi connectivity index (χ0v) is 9.86. The van der Waals surface area contributed by atoms with Crippen molar-refractivity contribution in [1.29, 1.82) is 0 Å². The normalized spacial score (nSPS) is 19.4. The average molecular weight is 209 g/mol. The van der Waals surface area contributed by atoms with Crippen molar-refractivity contribution in [2.24, 2.45) is 11.7 Å². The number of aryl methyl sites for hydroxylation is 2. The molecule has 0 aromatic carbocycles. The van der Waals surface area contributed by atoms with Gasteiger partial charge in [0.15, 0.2) is 0 Å². The third-order valence-corrected chi connectivity index (χ3v) is 4.51. The van der Waals surface area contributed by atoms with E-state index >= 15 is 0 Å². The first-order chi connectivity index (χ1) is 6.66. The smallest absolute Gasteiger partial charge is 0.0395 e. The van der Waals surface area contributed by atoms with Crippen molar-refractivity contribution in [2.45, 2.75) is 45.6 Å². The lowest BCUT2D eigenvalue weighted by Gasteiger charge is -2.27. The molecule has 1 heterocycles. The molecule has 1 aromatic rings. The van der Waals surface area contributed by atoms with Crippen LogP contribution in [0, 0.1) is 19.8 Å². The molecule has 0 saturated heterocycles. The van der Waals surface area contributed by atoms with Crippen LogP contribution in [-0.4, -0.2) is 0 Å². The van der Waals surface area contributed by atoms with Crippen molar-refractivity contribution in [1.82, 2.24) is 0 Å². The Morgan fingerprint density at radius 3 is 2.64 bits per heavy atom. The van der Waals surface area contributed by atoms with E-state index in [0.29, 0.717) is 6.04 Å². The summed E-state index contributed by atoms with van der Waals surface area (Å²) in [4.78, 5) is 2.80. The molecule has 2 heteroatoms. The molecule has 1 aliphatic carbocycles. The average Bonchev–Trinajstić information content (AvgIpc) is 2.37. The van der Waals surface area contributed by atoms with Crippen molar-refractivity contribution in [3.63, 3.8) is 0 Å². The van der Waals surface area contributed by atoms with Crippen LogP contribution in [-0.2, 0) is 0 Å². The van der Waals surface area contributed by atoms with Crippen LogP contribution in [0.4, 0.5) is 0 Å². The van der Waals surface area contributed by atoms with Crippen molar-refractivity contribution in [3.05, 3.63) is 21.4 Å². The van der Waals surface area contributed by atoms with E-state index in [4.69, 9.17) is 5.73 Å². The van der Waals surface area contributed by atoms with Crippen LogP contribution in [0.5, 0.6) is 0 Å². The fourth-order valence-electron chi connectivity index (χ4n) is 2.22. The largest absolute Gasteiger partial charge is 0.323 e. The summed E-state index contributed by atoms with van der Waals surface area (Å²) >= 11 is 1.87. The van der Waals surface area contributed by atoms with Gasteiger partial charge >= 0.3 is 0 Å². The van der Waals surface area contributed by atoms with Gasteiger partial charge in [-0.3, -0.25) is 0 Å².